The van der Waals surface area contributed by atoms with Gasteiger partial charge < -0.3 is 10.2 Å². The fraction of sp³-hybridized carbons (Fsp3) is 0.514. The molecule has 5 atom stereocenters. The van der Waals surface area contributed by atoms with Gasteiger partial charge >= 0.3 is 0 Å². The summed E-state index contributed by atoms with van der Waals surface area (Å²) in [5, 5.41) is 24.1. The zero-order valence-electron chi connectivity index (χ0n) is 26.8. The lowest BCUT2D eigenvalue weighted by molar-refractivity contribution is -0.192. The molecule has 2 N–H and O–H groups in total. The quantitative estimate of drug-likeness (QED) is 0.304. The standard InChI is InChI=1S/C37H44O6/c1-10-22-11-13-23(14-12-22)25-15-24(18(2)3)26-16-35(8)17-36(9)29(19(4)5)20(6)27(21(7)38)33(41)37(36,43)34(42)30(35)32(40)28(26)31(25)39/h11-15,18-19,29-30,39,43H,10,16-17H2,1-9H3/t29-,30?,35+,36+,37-/m1/s1. The van der Waals surface area contributed by atoms with E-state index in [1.807, 2.05) is 65.0 Å². The summed E-state index contributed by atoms with van der Waals surface area (Å²) in [6.07, 6.45) is 1.44. The van der Waals surface area contributed by atoms with Crippen molar-refractivity contribution in [1.29, 1.82) is 0 Å². The highest BCUT2D eigenvalue weighted by Crippen LogP contribution is 2.65. The van der Waals surface area contributed by atoms with E-state index in [0.29, 0.717) is 17.6 Å². The van der Waals surface area contributed by atoms with Crippen LogP contribution in [0.15, 0.2) is 41.5 Å². The molecule has 1 fully saturated rings. The summed E-state index contributed by atoms with van der Waals surface area (Å²) in [5.74, 6) is -4.84. The predicted molar refractivity (Wildman–Crippen MR) is 166 cm³/mol. The Morgan fingerprint density at radius 3 is 2.16 bits per heavy atom. The van der Waals surface area contributed by atoms with Crippen LogP contribution in [0.25, 0.3) is 11.1 Å². The van der Waals surface area contributed by atoms with Gasteiger partial charge in [0.2, 0.25) is 5.78 Å². The van der Waals surface area contributed by atoms with Crippen LogP contribution < -0.4 is 0 Å². The summed E-state index contributed by atoms with van der Waals surface area (Å²) in [6, 6.07) is 9.79. The van der Waals surface area contributed by atoms with Crippen LogP contribution in [-0.4, -0.2) is 38.9 Å². The number of rotatable bonds is 5. The number of Topliss-reactive ketones (excluding diaryl/α,β-unsaturated/α-hetero) is 4. The second kappa shape index (κ2) is 10.1. The molecule has 3 aliphatic carbocycles. The summed E-state index contributed by atoms with van der Waals surface area (Å²) in [4.78, 5) is 56.0. The number of ketones is 4. The van der Waals surface area contributed by atoms with E-state index in [9.17, 15) is 29.4 Å². The van der Waals surface area contributed by atoms with E-state index in [2.05, 4.69) is 6.92 Å². The molecule has 1 unspecified atom stereocenters. The van der Waals surface area contributed by atoms with Crippen LogP contribution >= 0.6 is 0 Å². The number of fused-ring (bicyclic) bond motifs is 3. The van der Waals surface area contributed by atoms with Crippen LogP contribution in [0, 0.1) is 28.6 Å². The Kier molecular flexibility index (Phi) is 7.28. The molecule has 0 heterocycles. The van der Waals surface area contributed by atoms with Gasteiger partial charge in [-0.2, -0.15) is 0 Å². The van der Waals surface area contributed by atoms with Gasteiger partial charge in [0.05, 0.1) is 17.1 Å². The first-order chi connectivity index (χ1) is 20.0. The largest absolute Gasteiger partial charge is 0.507 e. The maximum atomic E-state index is 14.6. The number of allylic oxidation sites excluding steroid dienone is 1. The first-order valence-corrected chi connectivity index (χ1v) is 15.5. The molecule has 2 aromatic carbocycles. The van der Waals surface area contributed by atoms with Crippen molar-refractivity contribution in [2.75, 3.05) is 0 Å². The van der Waals surface area contributed by atoms with Crippen molar-refractivity contribution in [3.05, 3.63) is 63.7 Å². The van der Waals surface area contributed by atoms with E-state index in [4.69, 9.17) is 0 Å². The highest BCUT2D eigenvalue weighted by Gasteiger charge is 2.73. The summed E-state index contributed by atoms with van der Waals surface area (Å²) in [7, 11) is 0. The normalized spacial score (nSPS) is 30.5. The number of aryl methyl sites for hydroxylation is 1. The maximum absolute atomic E-state index is 14.6. The molecule has 2 aromatic rings. The van der Waals surface area contributed by atoms with Crippen molar-refractivity contribution in [1.82, 2.24) is 0 Å². The van der Waals surface area contributed by atoms with Crippen LogP contribution in [0.2, 0.25) is 0 Å². The first kappa shape index (κ1) is 31.1. The number of benzene rings is 2. The Morgan fingerprint density at radius 2 is 1.65 bits per heavy atom. The molecule has 0 radical (unpaired) electrons. The number of aliphatic hydroxyl groups is 1. The van der Waals surface area contributed by atoms with Crippen LogP contribution in [0.3, 0.4) is 0 Å². The fourth-order valence-electron chi connectivity index (χ4n) is 9.24. The number of carbonyl (C=O) groups is 4. The number of hydrogen-bond acceptors (Lipinski definition) is 6. The minimum Gasteiger partial charge on any atom is -0.507 e. The molecule has 0 bridgehead atoms. The van der Waals surface area contributed by atoms with E-state index >= 15 is 0 Å². The monoisotopic (exact) mass is 584 g/mol. The van der Waals surface area contributed by atoms with Gasteiger partial charge in [0.25, 0.3) is 0 Å². The molecular weight excluding hydrogens is 540 g/mol. The highest BCUT2D eigenvalue weighted by molar-refractivity contribution is 6.33. The van der Waals surface area contributed by atoms with Gasteiger partial charge in [-0.15, -0.1) is 0 Å². The molecule has 43 heavy (non-hydrogen) atoms. The third-order valence-corrected chi connectivity index (χ3v) is 10.9. The van der Waals surface area contributed by atoms with Crippen molar-refractivity contribution in [3.8, 4) is 16.9 Å². The van der Waals surface area contributed by atoms with E-state index in [1.54, 1.807) is 13.8 Å². The summed E-state index contributed by atoms with van der Waals surface area (Å²) >= 11 is 0. The predicted octanol–water partition coefficient (Wildman–Crippen LogP) is 6.58. The molecular formula is C37H44O6. The van der Waals surface area contributed by atoms with E-state index in [0.717, 1.165) is 28.7 Å². The lowest BCUT2D eigenvalue weighted by Gasteiger charge is -2.62. The van der Waals surface area contributed by atoms with Crippen molar-refractivity contribution in [3.63, 3.8) is 0 Å². The van der Waals surface area contributed by atoms with E-state index in [-0.39, 0.29) is 35.1 Å². The summed E-state index contributed by atoms with van der Waals surface area (Å²) in [6.45, 7) is 16.8. The van der Waals surface area contributed by atoms with Crippen LogP contribution in [0.1, 0.15) is 102 Å². The third-order valence-electron chi connectivity index (χ3n) is 10.9. The van der Waals surface area contributed by atoms with Gasteiger partial charge in [0.15, 0.2) is 23.0 Å². The van der Waals surface area contributed by atoms with Crippen LogP contribution in [0.5, 0.6) is 5.75 Å². The van der Waals surface area contributed by atoms with Crippen molar-refractivity contribution in [2.24, 2.45) is 28.6 Å². The zero-order chi connectivity index (χ0) is 32.0. The van der Waals surface area contributed by atoms with Gasteiger partial charge in [-0.05, 0) is 84.6 Å². The Labute approximate surface area is 254 Å². The number of phenolic OH excluding ortho intramolecular Hbond substituents is 1. The van der Waals surface area contributed by atoms with Crippen molar-refractivity contribution >= 4 is 23.1 Å². The molecule has 6 heteroatoms. The lowest BCUT2D eigenvalue weighted by Crippen LogP contribution is -2.73. The van der Waals surface area contributed by atoms with Crippen LogP contribution in [-0.2, 0) is 27.2 Å². The summed E-state index contributed by atoms with van der Waals surface area (Å²) in [5.41, 5.74) is -0.0426. The molecule has 6 nitrogen and oxygen atoms in total. The average Bonchev–Trinajstić information content (AvgIpc) is 2.90. The van der Waals surface area contributed by atoms with Crippen LogP contribution in [0.4, 0.5) is 0 Å². The highest BCUT2D eigenvalue weighted by atomic mass is 16.3. The topological polar surface area (TPSA) is 109 Å². The van der Waals surface area contributed by atoms with Crippen molar-refractivity contribution in [2.45, 2.75) is 93.1 Å². The number of aromatic hydroxyl groups is 1. The number of carbonyl (C=O) groups excluding carboxylic acids is 4. The van der Waals surface area contributed by atoms with Crippen molar-refractivity contribution < 1.29 is 29.4 Å². The molecule has 0 saturated heterocycles. The second-order valence-electron chi connectivity index (χ2n) is 14.4. The van der Waals surface area contributed by atoms with Gasteiger partial charge in [-0.3, -0.25) is 19.2 Å². The third kappa shape index (κ3) is 4.08. The van der Waals surface area contributed by atoms with Gasteiger partial charge in [0, 0.05) is 11.0 Å². The molecule has 5 rings (SSSR count). The molecule has 228 valence electrons. The minimum absolute atomic E-state index is 0.0331. The minimum atomic E-state index is -2.54. The Bertz CT molecular complexity index is 1610. The molecule has 0 aliphatic heterocycles. The van der Waals surface area contributed by atoms with Gasteiger partial charge in [-0.25, -0.2) is 0 Å². The Balaban J connectivity index is 1.76. The van der Waals surface area contributed by atoms with E-state index in [1.165, 1.54) is 6.92 Å². The molecule has 0 spiro atoms. The lowest BCUT2D eigenvalue weighted by atomic mass is 9.40. The van der Waals surface area contributed by atoms with Gasteiger partial charge in [-0.1, -0.05) is 78.3 Å². The maximum Gasteiger partial charge on any atom is 0.206 e. The fourth-order valence-corrected chi connectivity index (χ4v) is 9.24. The molecule has 0 aromatic heterocycles. The Hall–Kier alpha value is -3.38. The molecule has 1 saturated carbocycles. The Morgan fingerprint density at radius 1 is 1.05 bits per heavy atom. The molecule has 0 amide bonds. The average molecular weight is 585 g/mol. The van der Waals surface area contributed by atoms with Gasteiger partial charge in [0.1, 0.15) is 5.75 Å². The van der Waals surface area contributed by atoms with E-state index < -0.39 is 51.4 Å². The zero-order valence-corrected chi connectivity index (χ0v) is 26.8. The SMILES string of the molecule is CCc1ccc(-c2cc(C(C)C)c3c(c2O)C(=O)C2C(=O)[C@]4(O)C(=O)C(C(C)=O)=C(C)[C@@H](C(C)C)[C@]4(C)C[C@]2(C)C3)cc1. The first-order valence-electron chi connectivity index (χ1n) is 15.5. The second-order valence-corrected chi connectivity index (χ2v) is 14.4. The number of phenols is 1. The smallest absolute Gasteiger partial charge is 0.206 e. The molecule has 3 aliphatic rings. The summed E-state index contributed by atoms with van der Waals surface area (Å²) < 4.78 is 0. The number of hydrogen-bond donors (Lipinski definition) is 2.